The van der Waals surface area contributed by atoms with Crippen LogP contribution in [0.4, 0.5) is 11.5 Å². The van der Waals surface area contributed by atoms with Crippen LogP contribution in [0.25, 0.3) is 10.9 Å². The Balaban J connectivity index is 1.54. The van der Waals surface area contributed by atoms with Crippen molar-refractivity contribution in [3.05, 3.63) is 78.4 Å². The van der Waals surface area contributed by atoms with Gasteiger partial charge in [0, 0.05) is 29.9 Å². The Labute approximate surface area is 202 Å². The third-order valence-corrected chi connectivity index (χ3v) is 4.78. The second-order valence-electron chi connectivity index (χ2n) is 7.24. The van der Waals surface area contributed by atoms with Crippen molar-refractivity contribution >= 4 is 28.3 Å². The number of fused-ring (bicyclic) bond motifs is 1. The zero-order valence-corrected chi connectivity index (χ0v) is 18.9. The normalized spacial score (nSPS) is 10.1. The molecule has 0 saturated carbocycles. The monoisotopic (exact) mass is 463 g/mol. The van der Waals surface area contributed by atoms with Gasteiger partial charge < -0.3 is 20.1 Å². The SMILES string of the molecule is C#Cc1cc(Nc2ncnc3ccc(C#CCNC(=O)COC)cc23)ccc1Oc1cccnc1. The fourth-order valence-electron chi connectivity index (χ4n) is 3.19. The lowest BCUT2D eigenvalue weighted by Crippen LogP contribution is -2.27. The Morgan fingerprint density at radius 1 is 1.14 bits per heavy atom. The zero-order chi connectivity index (χ0) is 24.5. The van der Waals surface area contributed by atoms with Crippen molar-refractivity contribution in [2.24, 2.45) is 0 Å². The van der Waals surface area contributed by atoms with Gasteiger partial charge in [-0.25, -0.2) is 9.97 Å². The molecule has 0 aliphatic heterocycles. The summed E-state index contributed by atoms with van der Waals surface area (Å²) in [5.41, 5.74) is 2.85. The third-order valence-electron chi connectivity index (χ3n) is 4.78. The highest BCUT2D eigenvalue weighted by Gasteiger charge is 2.09. The summed E-state index contributed by atoms with van der Waals surface area (Å²) < 4.78 is 10.6. The lowest BCUT2D eigenvalue weighted by Gasteiger charge is -2.12. The molecule has 2 heterocycles. The summed E-state index contributed by atoms with van der Waals surface area (Å²) in [6.07, 6.45) is 10.5. The highest BCUT2D eigenvalue weighted by atomic mass is 16.5. The molecule has 1 amide bonds. The Bertz CT molecular complexity index is 1450. The number of anilines is 2. The van der Waals surface area contributed by atoms with Crippen molar-refractivity contribution in [2.75, 3.05) is 25.6 Å². The van der Waals surface area contributed by atoms with E-state index in [-0.39, 0.29) is 19.1 Å². The molecule has 2 aromatic heterocycles. The summed E-state index contributed by atoms with van der Waals surface area (Å²) >= 11 is 0. The number of benzene rings is 2. The molecule has 0 fully saturated rings. The number of amides is 1. The fraction of sp³-hybridized carbons (Fsp3) is 0.111. The Hall–Kier alpha value is -4.92. The van der Waals surface area contributed by atoms with E-state index in [1.54, 1.807) is 30.6 Å². The minimum Gasteiger partial charge on any atom is -0.454 e. The van der Waals surface area contributed by atoms with Crippen molar-refractivity contribution in [1.82, 2.24) is 20.3 Å². The van der Waals surface area contributed by atoms with Crippen molar-refractivity contribution < 1.29 is 14.3 Å². The van der Waals surface area contributed by atoms with E-state index in [2.05, 4.69) is 43.3 Å². The Kier molecular flexibility index (Phi) is 7.49. The van der Waals surface area contributed by atoms with E-state index >= 15 is 0 Å². The number of methoxy groups -OCH3 is 1. The summed E-state index contributed by atoms with van der Waals surface area (Å²) in [6, 6.07) is 14.7. The van der Waals surface area contributed by atoms with E-state index in [1.165, 1.54) is 13.4 Å². The van der Waals surface area contributed by atoms with E-state index in [9.17, 15) is 4.79 Å². The van der Waals surface area contributed by atoms with Crippen LogP contribution in [0.3, 0.4) is 0 Å². The molecule has 8 nitrogen and oxygen atoms in total. The van der Waals surface area contributed by atoms with Gasteiger partial charge in [-0.05, 0) is 48.5 Å². The maximum Gasteiger partial charge on any atom is 0.246 e. The number of ether oxygens (including phenoxy) is 2. The van der Waals surface area contributed by atoms with E-state index in [0.29, 0.717) is 22.9 Å². The van der Waals surface area contributed by atoms with Gasteiger partial charge in [-0.3, -0.25) is 9.78 Å². The van der Waals surface area contributed by atoms with Crippen LogP contribution in [0.15, 0.2) is 67.3 Å². The maximum atomic E-state index is 11.5. The number of hydrogen-bond acceptors (Lipinski definition) is 7. The van der Waals surface area contributed by atoms with Crippen molar-refractivity contribution in [3.8, 4) is 35.7 Å². The number of aromatic nitrogens is 3. The highest BCUT2D eigenvalue weighted by Crippen LogP contribution is 2.29. The minimum atomic E-state index is -0.219. The first-order valence-corrected chi connectivity index (χ1v) is 10.6. The molecule has 0 unspecified atom stereocenters. The van der Waals surface area contributed by atoms with Gasteiger partial charge in [0.2, 0.25) is 5.91 Å². The zero-order valence-electron chi connectivity index (χ0n) is 18.9. The summed E-state index contributed by atoms with van der Waals surface area (Å²) in [6.45, 7) is 0.223. The van der Waals surface area contributed by atoms with Gasteiger partial charge in [0.05, 0.1) is 23.8 Å². The highest BCUT2D eigenvalue weighted by molar-refractivity contribution is 5.91. The molecule has 4 aromatic rings. The van der Waals surface area contributed by atoms with Crippen molar-refractivity contribution in [1.29, 1.82) is 0 Å². The quantitative estimate of drug-likeness (QED) is 0.404. The second kappa shape index (κ2) is 11.3. The molecule has 35 heavy (non-hydrogen) atoms. The van der Waals surface area contributed by atoms with Gasteiger partial charge in [0.15, 0.2) is 0 Å². The average Bonchev–Trinajstić information content (AvgIpc) is 2.88. The van der Waals surface area contributed by atoms with Crippen LogP contribution in [0.2, 0.25) is 0 Å². The Morgan fingerprint density at radius 2 is 2.06 bits per heavy atom. The van der Waals surface area contributed by atoms with Gasteiger partial charge in [-0.15, -0.1) is 6.42 Å². The van der Waals surface area contributed by atoms with Gasteiger partial charge in [-0.2, -0.15) is 0 Å². The number of hydrogen-bond donors (Lipinski definition) is 2. The number of nitrogens with zero attached hydrogens (tertiary/aromatic N) is 3. The molecule has 0 aliphatic rings. The van der Waals surface area contributed by atoms with E-state index < -0.39 is 0 Å². The smallest absolute Gasteiger partial charge is 0.246 e. The third kappa shape index (κ3) is 6.11. The van der Waals surface area contributed by atoms with Crippen LogP contribution in [-0.2, 0) is 9.53 Å². The molecule has 4 rings (SSSR count). The standard InChI is InChI=1S/C27H21N5O3/c1-3-20-15-21(9-11-25(20)35-22-7-5-12-28-16-22)32-27-23-14-19(8-10-24(23)30-18-31-27)6-4-13-29-26(33)17-34-2/h1,5,7-12,14-16,18H,13,17H2,2H3,(H,29,33)(H,30,31,32). The topological polar surface area (TPSA) is 98.3 Å². The number of carbonyl (C=O) groups excluding carboxylic acids is 1. The van der Waals surface area contributed by atoms with Crippen molar-refractivity contribution in [3.63, 3.8) is 0 Å². The summed E-state index contributed by atoms with van der Waals surface area (Å²) in [5.74, 6) is 10.2. The first-order chi connectivity index (χ1) is 17.2. The van der Waals surface area contributed by atoms with Gasteiger partial charge in [0.25, 0.3) is 0 Å². The number of carbonyl (C=O) groups is 1. The molecule has 2 N–H and O–H groups in total. The van der Waals surface area contributed by atoms with Crippen molar-refractivity contribution in [2.45, 2.75) is 0 Å². The number of pyridine rings is 1. The molecule has 0 saturated heterocycles. The molecular formula is C27H21N5O3. The summed E-state index contributed by atoms with van der Waals surface area (Å²) in [4.78, 5) is 24.2. The van der Waals surface area contributed by atoms with Crippen LogP contribution in [0.1, 0.15) is 11.1 Å². The predicted molar refractivity (Wildman–Crippen MR) is 133 cm³/mol. The first-order valence-electron chi connectivity index (χ1n) is 10.6. The number of nitrogens with one attached hydrogen (secondary N) is 2. The molecule has 0 atom stereocenters. The second-order valence-corrected chi connectivity index (χ2v) is 7.24. The van der Waals surface area contributed by atoms with Crippen LogP contribution < -0.4 is 15.4 Å². The average molecular weight is 463 g/mol. The molecule has 8 heteroatoms. The minimum absolute atomic E-state index is 0.00197. The van der Waals surface area contributed by atoms with Crippen LogP contribution in [0, 0.1) is 24.2 Å². The molecule has 172 valence electrons. The van der Waals surface area contributed by atoms with Crippen LogP contribution in [0.5, 0.6) is 11.5 Å². The first kappa shape index (κ1) is 23.2. The number of terminal acetylenes is 1. The van der Waals surface area contributed by atoms with Gasteiger partial charge in [0.1, 0.15) is 30.3 Å². The predicted octanol–water partition coefficient (Wildman–Crippen LogP) is 3.66. The molecule has 0 radical (unpaired) electrons. The molecule has 0 bridgehead atoms. The maximum absolute atomic E-state index is 11.5. The van der Waals surface area contributed by atoms with Crippen LogP contribution >= 0.6 is 0 Å². The molecule has 0 spiro atoms. The van der Waals surface area contributed by atoms with E-state index in [4.69, 9.17) is 15.9 Å². The van der Waals surface area contributed by atoms with E-state index in [0.717, 1.165) is 22.2 Å². The fourth-order valence-corrected chi connectivity index (χ4v) is 3.19. The Morgan fingerprint density at radius 3 is 2.86 bits per heavy atom. The molecule has 0 aliphatic carbocycles. The lowest BCUT2D eigenvalue weighted by atomic mass is 10.1. The summed E-state index contributed by atoms with van der Waals surface area (Å²) in [5, 5.41) is 6.76. The largest absolute Gasteiger partial charge is 0.454 e. The lowest BCUT2D eigenvalue weighted by molar-refractivity contribution is -0.124. The number of rotatable bonds is 7. The van der Waals surface area contributed by atoms with E-state index in [1.807, 2.05) is 30.3 Å². The molecular weight excluding hydrogens is 442 g/mol. The summed E-state index contributed by atoms with van der Waals surface area (Å²) in [7, 11) is 1.46. The molecule has 2 aromatic carbocycles. The van der Waals surface area contributed by atoms with Gasteiger partial charge in [-0.1, -0.05) is 17.8 Å². The van der Waals surface area contributed by atoms with Crippen LogP contribution in [-0.4, -0.2) is 41.1 Å². The van der Waals surface area contributed by atoms with Gasteiger partial charge >= 0.3 is 0 Å².